The molecule has 0 aliphatic heterocycles. The lowest BCUT2D eigenvalue weighted by Crippen LogP contribution is -2.49. The second-order valence-electron chi connectivity index (χ2n) is 3.79. The predicted molar refractivity (Wildman–Crippen MR) is 53.4 cm³/mol. The Morgan fingerprint density at radius 2 is 1.33 bits per heavy atom. The lowest BCUT2D eigenvalue weighted by molar-refractivity contribution is -0.286. The lowest BCUT2D eigenvalue weighted by Gasteiger charge is -2.29. The fraction of sp³-hybridized carbons (Fsp3) is 0.500. The van der Waals surface area contributed by atoms with Crippen LogP contribution >= 0.6 is 11.6 Å². The van der Waals surface area contributed by atoms with E-state index in [1.165, 1.54) is 13.8 Å². The minimum atomic E-state index is -5.71. The topological polar surface area (TPSA) is 12.9 Å². The number of rotatable bonds is 3. The highest BCUT2D eigenvalue weighted by Gasteiger charge is 2.71. The van der Waals surface area contributed by atoms with Gasteiger partial charge in [-0.25, -0.2) is 0 Å². The van der Waals surface area contributed by atoms with E-state index >= 15 is 0 Å². The van der Waals surface area contributed by atoms with Gasteiger partial charge in [0, 0.05) is 17.0 Å². The molecule has 18 heavy (non-hydrogen) atoms. The molecule has 1 aromatic heterocycles. The molecule has 8 heteroatoms. The third kappa shape index (κ3) is 2.41. The van der Waals surface area contributed by atoms with Gasteiger partial charge in [-0.05, 0) is 37.6 Å². The molecule has 0 atom stereocenters. The first-order valence-corrected chi connectivity index (χ1v) is 5.05. The van der Waals surface area contributed by atoms with Gasteiger partial charge in [-0.3, -0.25) is 4.98 Å². The Balaban J connectivity index is 3.37. The van der Waals surface area contributed by atoms with Gasteiger partial charge in [-0.1, -0.05) is 0 Å². The zero-order chi connectivity index (χ0) is 14.4. The number of pyridine rings is 1. The standard InChI is InChI=1S/C10H8ClF6N/c1-5-3-7(4-6(2)18-5)8(12,13)9(14,15)10(11,16)17/h3-4H,1-2H3. The average molecular weight is 292 g/mol. The van der Waals surface area contributed by atoms with Gasteiger partial charge in [0.25, 0.3) is 0 Å². The van der Waals surface area contributed by atoms with Crippen LogP contribution in [0.1, 0.15) is 17.0 Å². The largest absolute Gasteiger partial charge is 0.390 e. The molecule has 0 unspecified atom stereocenters. The minimum Gasteiger partial charge on any atom is -0.258 e. The number of hydrogen-bond acceptors (Lipinski definition) is 1. The summed E-state index contributed by atoms with van der Waals surface area (Å²) in [5.74, 6) is -10.8. The molecule has 0 amide bonds. The molecule has 0 radical (unpaired) electrons. The van der Waals surface area contributed by atoms with Crippen molar-refractivity contribution in [2.45, 2.75) is 31.1 Å². The Morgan fingerprint density at radius 3 is 1.67 bits per heavy atom. The highest BCUT2D eigenvalue weighted by atomic mass is 35.5. The summed E-state index contributed by atoms with van der Waals surface area (Å²) in [4.78, 5) is 3.69. The van der Waals surface area contributed by atoms with E-state index in [-0.39, 0.29) is 11.4 Å². The van der Waals surface area contributed by atoms with Crippen molar-refractivity contribution in [3.8, 4) is 0 Å². The van der Waals surface area contributed by atoms with Gasteiger partial charge in [0.1, 0.15) is 0 Å². The fourth-order valence-corrected chi connectivity index (χ4v) is 1.49. The number of halogens is 7. The summed E-state index contributed by atoms with van der Waals surface area (Å²) in [6, 6.07) is 1.23. The van der Waals surface area contributed by atoms with Crippen molar-refractivity contribution in [2.24, 2.45) is 0 Å². The second-order valence-corrected chi connectivity index (χ2v) is 4.26. The van der Waals surface area contributed by atoms with Crippen LogP contribution in [-0.2, 0) is 5.92 Å². The van der Waals surface area contributed by atoms with E-state index < -0.39 is 22.8 Å². The molecule has 0 fully saturated rings. The predicted octanol–water partition coefficient (Wildman–Crippen LogP) is 4.26. The maximum absolute atomic E-state index is 13.4. The molecular formula is C10H8ClF6N. The van der Waals surface area contributed by atoms with Crippen molar-refractivity contribution < 1.29 is 26.3 Å². The minimum absolute atomic E-state index is 0.0124. The van der Waals surface area contributed by atoms with Crippen LogP contribution in [-0.4, -0.2) is 16.3 Å². The smallest absolute Gasteiger partial charge is 0.258 e. The summed E-state index contributed by atoms with van der Waals surface area (Å²) in [7, 11) is 0. The molecule has 0 aliphatic rings. The number of hydrogen-bond donors (Lipinski definition) is 0. The van der Waals surface area contributed by atoms with Crippen LogP contribution in [0.2, 0.25) is 0 Å². The highest BCUT2D eigenvalue weighted by molar-refractivity contribution is 6.22. The molecule has 102 valence electrons. The second kappa shape index (κ2) is 4.29. The first kappa shape index (κ1) is 15.1. The van der Waals surface area contributed by atoms with Crippen molar-refractivity contribution in [2.75, 3.05) is 0 Å². The zero-order valence-corrected chi connectivity index (χ0v) is 10.0. The number of nitrogens with zero attached hydrogens (tertiary/aromatic N) is 1. The van der Waals surface area contributed by atoms with Crippen LogP contribution in [0.15, 0.2) is 12.1 Å². The Bertz CT molecular complexity index is 434. The summed E-state index contributed by atoms with van der Waals surface area (Å²) in [6.45, 7) is 2.56. The van der Waals surface area contributed by atoms with Crippen molar-refractivity contribution in [3.05, 3.63) is 29.1 Å². The first-order chi connectivity index (χ1) is 7.89. The maximum Gasteiger partial charge on any atom is 0.390 e. The Morgan fingerprint density at radius 1 is 0.944 bits per heavy atom. The van der Waals surface area contributed by atoms with Crippen LogP contribution in [0.3, 0.4) is 0 Å². The molecule has 1 rings (SSSR count). The van der Waals surface area contributed by atoms with Crippen molar-refractivity contribution in [1.29, 1.82) is 0 Å². The fourth-order valence-electron chi connectivity index (χ4n) is 1.38. The van der Waals surface area contributed by atoms with Gasteiger partial charge in [-0.2, -0.15) is 26.3 Å². The van der Waals surface area contributed by atoms with Gasteiger partial charge in [0.05, 0.1) is 0 Å². The summed E-state index contributed by atoms with van der Waals surface area (Å²) in [5, 5.41) is -5.36. The number of alkyl halides is 7. The molecular weight excluding hydrogens is 284 g/mol. The number of aromatic nitrogens is 1. The summed E-state index contributed by atoms with van der Waals surface area (Å²) >= 11 is 4.06. The Labute approximate surface area is 104 Å². The average Bonchev–Trinajstić information content (AvgIpc) is 2.13. The van der Waals surface area contributed by atoms with Gasteiger partial charge in [0.15, 0.2) is 0 Å². The third-order valence-electron chi connectivity index (χ3n) is 2.19. The molecule has 0 saturated heterocycles. The normalized spacial score (nSPS) is 13.8. The molecule has 1 aromatic rings. The maximum atomic E-state index is 13.4. The van der Waals surface area contributed by atoms with Crippen molar-refractivity contribution in [1.82, 2.24) is 4.98 Å². The molecule has 0 spiro atoms. The molecule has 1 nitrogen and oxygen atoms in total. The van der Waals surface area contributed by atoms with Gasteiger partial charge < -0.3 is 0 Å². The van der Waals surface area contributed by atoms with Crippen molar-refractivity contribution in [3.63, 3.8) is 0 Å². The number of aryl methyl sites for hydroxylation is 2. The van der Waals surface area contributed by atoms with Crippen LogP contribution < -0.4 is 0 Å². The monoisotopic (exact) mass is 291 g/mol. The highest BCUT2D eigenvalue weighted by Crippen LogP contribution is 2.52. The zero-order valence-electron chi connectivity index (χ0n) is 9.25. The molecule has 0 bridgehead atoms. The summed E-state index contributed by atoms with van der Waals surface area (Å²) in [5.41, 5.74) is -1.23. The molecule has 0 saturated carbocycles. The van der Waals surface area contributed by atoms with Crippen LogP contribution in [0.25, 0.3) is 0 Å². The van der Waals surface area contributed by atoms with Gasteiger partial charge in [0.2, 0.25) is 0 Å². The van der Waals surface area contributed by atoms with E-state index in [0.717, 1.165) is 0 Å². The first-order valence-electron chi connectivity index (χ1n) is 4.67. The van der Waals surface area contributed by atoms with Crippen LogP contribution in [0.4, 0.5) is 26.3 Å². The van der Waals surface area contributed by atoms with Crippen LogP contribution in [0.5, 0.6) is 0 Å². The van der Waals surface area contributed by atoms with E-state index in [4.69, 9.17) is 0 Å². The quantitative estimate of drug-likeness (QED) is 0.599. The molecule has 1 heterocycles. The summed E-state index contributed by atoms with van der Waals surface area (Å²) in [6.07, 6.45) is 0. The lowest BCUT2D eigenvalue weighted by atomic mass is 10.0. The molecule has 0 N–H and O–H groups in total. The van der Waals surface area contributed by atoms with E-state index in [1.807, 2.05) is 0 Å². The Kier molecular flexibility index (Phi) is 3.60. The van der Waals surface area contributed by atoms with Gasteiger partial charge in [-0.15, -0.1) is 0 Å². The van der Waals surface area contributed by atoms with E-state index in [2.05, 4.69) is 16.6 Å². The Hall–Kier alpha value is -0.980. The van der Waals surface area contributed by atoms with E-state index in [9.17, 15) is 26.3 Å². The third-order valence-corrected chi connectivity index (χ3v) is 2.43. The molecule has 0 aromatic carbocycles. The summed E-state index contributed by atoms with van der Waals surface area (Å²) < 4.78 is 77.7. The molecule has 0 aliphatic carbocycles. The van der Waals surface area contributed by atoms with Gasteiger partial charge >= 0.3 is 17.2 Å². The van der Waals surface area contributed by atoms with E-state index in [1.54, 1.807) is 0 Å². The SMILES string of the molecule is Cc1cc(C(F)(F)C(F)(F)C(F)(F)Cl)cc(C)n1. The van der Waals surface area contributed by atoms with Crippen LogP contribution in [0, 0.1) is 13.8 Å². The van der Waals surface area contributed by atoms with Crippen molar-refractivity contribution >= 4 is 11.6 Å². The van der Waals surface area contributed by atoms with E-state index in [0.29, 0.717) is 12.1 Å².